The minimum atomic E-state index is -0.319. The van der Waals surface area contributed by atoms with E-state index in [0.717, 1.165) is 11.1 Å². The quantitative estimate of drug-likeness (QED) is 0.512. The normalized spacial score (nSPS) is 14.0. The average Bonchev–Trinajstić information content (AvgIpc) is 3.25. The number of amides is 1. The second kappa shape index (κ2) is 7.91. The van der Waals surface area contributed by atoms with E-state index in [1.807, 2.05) is 83.8 Å². The van der Waals surface area contributed by atoms with Crippen LogP contribution in [0.3, 0.4) is 0 Å². The van der Waals surface area contributed by atoms with E-state index in [1.165, 1.54) is 0 Å². The first-order valence-corrected chi connectivity index (χ1v) is 9.93. The Morgan fingerprint density at radius 3 is 2.13 bits per heavy atom. The second-order valence-corrected chi connectivity index (χ2v) is 7.37. The van der Waals surface area contributed by atoms with Gasteiger partial charge in [-0.1, -0.05) is 71.9 Å². The Kier molecular flexibility index (Phi) is 4.81. The van der Waals surface area contributed by atoms with Crippen LogP contribution in [0.25, 0.3) is 11.5 Å². The van der Waals surface area contributed by atoms with E-state index in [0.29, 0.717) is 30.5 Å². The lowest BCUT2D eigenvalue weighted by molar-refractivity contribution is -0.136. The summed E-state index contributed by atoms with van der Waals surface area (Å²) >= 11 is 0. The van der Waals surface area contributed by atoms with Crippen molar-refractivity contribution in [1.29, 1.82) is 0 Å². The number of hydrogen-bond donors (Lipinski definition) is 0. The van der Waals surface area contributed by atoms with Crippen LogP contribution >= 0.6 is 0 Å². The van der Waals surface area contributed by atoms with Crippen LogP contribution < -0.4 is 0 Å². The van der Waals surface area contributed by atoms with Gasteiger partial charge in [0.25, 0.3) is 0 Å². The molecule has 6 heteroatoms. The smallest absolute Gasteiger partial charge is 0.234 e. The van der Waals surface area contributed by atoms with E-state index in [-0.39, 0.29) is 17.7 Å². The molecule has 0 atom stereocenters. The zero-order valence-electron chi connectivity index (χ0n) is 16.3. The fourth-order valence-electron chi connectivity index (χ4n) is 3.77. The number of likely N-dealkylation sites (tertiary alicyclic amines) is 1. The van der Waals surface area contributed by atoms with E-state index >= 15 is 0 Å². The largest absolute Gasteiger partial charge is 0.340 e. The molecule has 30 heavy (non-hydrogen) atoms. The maximum absolute atomic E-state index is 13.4. The molecule has 6 nitrogen and oxygen atoms in total. The Balaban J connectivity index is 1.32. The fraction of sp³-hybridized carbons (Fsp3) is 0.167. The summed E-state index contributed by atoms with van der Waals surface area (Å²) in [5, 5.41) is 4.04. The van der Waals surface area contributed by atoms with Gasteiger partial charge in [0.2, 0.25) is 17.6 Å². The van der Waals surface area contributed by atoms with Crippen molar-refractivity contribution in [3.63, 3.8) is 0 Å². The van der Waals surface area contributed by atoms with Gasteiger partial charge in [-0.05, 0) is 23.3 Å². The van der Waals surface area contributed by atoms with Gasteiger partial charge in [-0.25, -0.2) is 0 Å². The van der Waals surface area contributed by atoms with Gasteiger partial charge in [-0.15, -0.1) is 0 Å². The van der Waals surface area contributed by atoms with E-state index in [9.17, 15) is 4.79 Å². The summed E-state index contributed by atoms with van der Waals surface area (Å²) in [4.78, 5) is 24.0. The van der Waals surface area contributed by atoms with E-state index < -0.39 is 0 Å². The molecule has 1 aliphatic heterocycles. The van der Waals surface area contributed by atoms with Crippen molar-refractivity contribution < 1.29 is 9.32 Å². The van der Waals surface area contributed by atoms with Gasteiger partial charge in [-0.2, -0.15) is 4.98 Å². The fourth-order valence-corrected chi connectivity index (χ4v) is 3.77. The number of pyridine rings is 1. The molecule has 2 aromatic carbocycles. The lowest BCUT2D eigenvalue weighted by Gasteiger charge is -2.39. The molecule has 1 aliphatic rings. The molecule has 1 saturated heterocycles. The third kappa shape index (κ3) is 3.48. The Morgan fingerprint density at radius 1 is 0.900 bits per heavy atom. The number of aromatic nitrogens is 3. The van der Waals surface area contributed by atoms with Crippen molar-refractivity contribution in [2.45, 2.75) is 11.8 Å². The predicted molar refractivity (Wildman–Crippen MR) is 112 cm³/mol. The molecule has 2 aromatic heterocycles. The molecule has 0 radical (unpaired) electrons. The summed E-state index contributed by atoms with van der Waals surface area (Å²) in [6.45, 7) is 1.14. The highest BCUT2D eigenvalue weighted by molar-refractivity contribution is 5.88. The van der Waals surface area contributed by atoms with E-state index in [2.05, 4.69) is 15.1 Å². The zero-order chi connectivity index (χ0) is 20.3. The minimum absolute atomic E-state index is 0.0473. The number of carbonyl (C=O) groups excluding carboxylic acids is 1. The van der Waals surface area contributed by atoms with Crippen LogP contribution in [0, 0.1) is 0 Å². The third-order valence-electron chi connectivity index (χ3n) is 5.39. The molecule has 0 unspecified atom stereocenters. The minimum Gasteiger partial charge on any atom is -0.340 e. The standard InChI is InChI=1S/C24H20N4O2/c29-24(21(17-9-3-1-4-10-17)18-11-5-2-6-12-18)28-15-19(16-28)23-26-22(27-30-23)20-13-7-8-14-25-20/h1-14,19,21H,15-16H2. The topological polar surface area (TPSA) is 72.1 Å². The van der Waals surface area contributed by atoms with Crippen LogP contribution in [0.1, 0.15) is 28.9 Å². The van der Waals surface area contributed by atoms with Crippen molar-refractivity contribution in [2.24, 2.45) is 0 Å². The number of benzene rings is 2. The van der Waals surface area contributed by atoms with Gasteiger partial charge in [-0.3, -0.25) is 9.78 Å². The first-order chi connectivity index (χ1) is 14.8. The van der Waals surface area contributed by atoms with E-state index in [1.54, 1.807) is 6.20 Å². The summed E-state index contributed by atoms with van der Waals surface area (Å²) in [5.74, 6) is 0.844. The van der Waals surface area contributed by atoms with Gasteiger partial charge in [0.1, 0.15) is 5.69 Å². The summed E-state index contributed by atoms with van der Waals surface area (Å²) in [7, 11) is 0. The molecule has 3 heterocycles. The molecule has 0 spiro atoms. The van der Waals surface area contributed by atoms with Crippen LogP contribution in [0.15, 0.2) is 89.6 Å². The number of carbonyl (C=O) groups is 1. The molecule has 0 aliphatic carbocycles. The molecule has 4 aromatic rings. The van der Waals surface area contributed by atoms with Gasteiger partial charge in [0.15, 0.2) is 0 Å². The Bertz CT molecular complexity index is 1080. The Morgan fingerprint density at radius 2 is 1.53 bits per heavy atom. The monoisotopic (exact) mass is 396 g/mol. The molecule has 0 N–H and O–H groups in total. The lowest BCUT2D eigenvalue weighted by Crippen LogP contribution is -2.50. The molecule has 1 fully saturated rings. The van der Waals surface area contributed by atoms with Crippen LogP contribution in [0.5, 0.6) is 0 Å². The third-order valence-corrected chi connectivity index (χ3v) is 5.39. The van der Waals surface area contributed by atoms with Gasteiger partial charge < -0.3 is 9.42 Å². The Labute approximate surface area is 174 Å². The van der Waals surface area contributed by atoms with Crippen molar-refractivity contribution >= 4 is 5.91 Å². The van der Waals surface area contributed by atoms with Crippen molar-refractivity contribution in [3.05, 3.63) is 102 Å². The van der Waals surface area contributed by atoms with Crippen molar-refractivity contribution in [2.75, 3.05) is 13.1 Å². The highest BCUT2D eigenvalue weighted by Gasteiger charge is 2.39. The Hall–Kier alpha value is -3.80. The summed E-state index contributed by atoms with van der Waals surface area (Å²) in [6.07, 6.45) is 1.70. The maximum Gasteiger partial charge on any atom is 0.234 e. The first kappa shape index (κ1) is 18.2. The summed E-state index contributed by atoms with van der Waals surface area (Å²) in [5.41, 5.74) is 2.66. The van der Waals surface area contributed by atoms with Crippen LogP contribution in [-0.2, 0) is 4.79 Å². The molecule has 0 saturated carbocycles. The molecule has 0 bridgehead atoms. The van der Waals surface area contributed by atoms with E-state index in [4.69, 9.17) is 4.52 Å². The van der Waals surface area contributed by atoms with Crippen LogP contribution in [0.4, 0.5) is 0 Å². The number of hydrogen-bond acceptors (Lipinski definition) is 5. The molecule has 148 valence electrons. The molecular formula is C24H20N4O2. The molecule has 5 rings (SSSR count). The predicted octanol–water partition coefficient (Wildman–Crippen LogP) is 3.89. The SMILES string of the molecule is O=C(C(c1ccccc1)c1ccccc1)N1CC(c2nc(-c3ccccn3)no2)C1. The number of rotatable bonds is 5. The second-order valence-electron chi connectivity index (χ2n) is 7.37. The molecular weight excluding hydrogens is 376 g/mol. The van der Waals surface area contributed by atoms with Crippen molar-refractivity contribution in [1.82, 2.24) is 20.0 Å². The molecule has 1 amide bonds. The first-order valence-electron chi connectivity index (χ1n) is 9.93. The summed E-state index contributed by atoms with van der Waals surface area (Å²) < 4.78 is 5.44. The number of nitrogens with zero attached hydrogens (tertiary/aromatic N) is 4. The van der Waals surface area contributed by atoms with Crippen LogP contribution in [-0.4, -0.2) is 39.0 Å². The average molecular weight is 396 g/mol. The summed E-state index contributed by atoms with van der Waals surface area (Å²) in [6, 6.07) is 25.4. The van der Waals surface area contributed by atoms with Gasteiger partial charge in [0.05, 0.1) is 11.8 Å². The van der Waals surface area contributed by atoms with Gasteiger partial charge in [0, 0.05) is 19.3 Å². The van der Waals surface area contributed by atoms with Crippen LogP contribution in [0.2, 0.25) is 0 Å². The highest BCUT2D eigenvalue weighted by Crippen LogP contribution is 2.33. The highest BCUT2D eigenvalue weighted by atomic mass is 16.5. The zero-order valence-corrected chi connectivity index (χ0v) is 16.3. The van der Waals surface area contributed by atoms with Crippen molar-refractivity contribution in [3.8, 4) is 11.5 Å². The lowest BCUT2D eigenvalue weighted by atomic mass is 9.88. The maximum atomic E-state index is 13.4. The van der Waals surface area contributed by atoms with Gasteiger partial charge >= 0.3 is 0 Å².